The van der Waals surface area contributed by atoms with Gasteiger partial charge in [-0.05, 0) is 31.7 Å². The van der Waals surface area contributed by atoms with Crippen molar-refractivity contribution in [3.05, 3.63) is 64.1 Å². The molecule has 0 aliphatic heterocycles. The van der Waals surface area contributed by atoms with Crippen molar-refractivity contribution in [3.63, 3.8) is 0 Å². The van der Waals surface area contributed by atoms with Gasteiger partial charge in [-0.1, -0.05) is 52.3 Å². The Morgan fingerprint density at radius 3 is 2.60 bits per heavy atom. The van der Waals surface area contributed by atoms with Crippen LogP contribution in [0.25, 0.3) is 0 Å². The van der Waals surface area contributed by atoms with Crippen molar-refractivity contribution in [1.82, 2.24) is 5.32 Å². The van der Waals surface area contributed by atoms with Gasteiger partial charge in [0.2, 0.25) is 0 Å². The largest absolute Gasteiger partial charge is 0.493 e. The molecule has 0 heterocycles. The maximum absolute atomic E-state index is 5.97. The van der Waals surface area contributed by atoms with Gasteiger partial charge in [0.05, 0.1) is 6.61 Å². The van der Waals surface area contributed by atoms with Gasteiger partial charge in [0.1, 0.15) is 5.75 Å². The summed E-state index contributed by atoms with van der Waals surface area (Å²) in [6, 6.07) is 16.9. The normalized spacial score (nSPS) is 12.2. The third-order valence-corrected chi connectivity index (χ3v) is 3.86. The fourth-order valence-electron chi connectivity index (χ4n) is 2.07. The van der Waals surface area contributed by atoms with Crippen molar-refractivity contribution in [2.75, 3.05) is 13.7 Å². The number of rotatable bonds is 6. The third kappa shape index (κ3) is 4.09. The van der Waals surface area contributed by atoms with Crippen LogP contribution in [0.2, 0.25) is 0 Å². The molecule has 1 unspecified atom stereocenters. The summed E-state index contributed by atoms with van der Waals surface area (Å²) in [6.07, 6.45) is 0.917. The van der Waals surface area contributed by atoms with E-state index in [0.717, 1.165) is 16.6 Å². The maximum atomic E-state index is 5.97. The molecule has 2 rings (SSSR count). The second kappa shape index (κ2) is 7.46. The van der Waals surface area contributed by atoms with E-state index >= 15 is 0 Å². The van der Waals surface area contributed by atoms with Crippen molar-refractivity contribution in [2.24, 2.45) is 0 Å². The van der Waals surface area contributed by atoms with Gasteiger partial charge in [-0.2, -0.15) is 0 Å². The van der Waals surface area contributed by atoms with Crippen LogP contribution in [0.3, 0.4) is 0 Å². The Morgan fingerprint density at radius 2 is 1.90 bits per heavy atom. The fraction of sp³-hybridized carbons (Fsp3) is 0.294. The molecule has 20 heavy (non-hydrogen) atoms. The number of hydrogen-bond donors (Lipinski definition) is 1. The van der Waals surface area contributed by atoms with E-state index in [0.29, 0.717) is 6.61 Å². The van der Waals surface area contributed by atoms with Crippen LogP contribution in [0.1, 0.15) is 24.1 Å². The van der Waals surface area contributed by atoms with Crippen molar-refractivity contribution in [3.8, 4) is 5.75 Å². The molecule has 2 nitrogen and oxygen atoms in total. The van der Waals surface area contributed by atoms with Crippen LogP contribution in [0.15, 0.2) is 53.0 Å². The Kier molecular flexibility index (Phi) is 5.62. The van der Waals surface area contributed by atoms with Crippen molar-refractivity contribution >= 4 is 15.9 Å². The van der Waals surface area contributed by atoms with E-state index in [4.69, 9.17) is 4.74 Å². The van der Waals surface area contributed by atoms with E-state index in [-0.39, 0.29) is 6.04 Å². The molecule has 106 valence electrons. The molecule has 1 atom stereocenters. The zero-order chi connectivity index (χ0) is 14.4. The molecular formula is C17H20BrNO. The predicted molar refractivity (Wildman–Crippen MR) is 87.3 cm³/mol. The minimum Gasteiger partial charge on any atom is -0.493 e. The lowest BCUT2D eigenvalue weighted by Crippen LogP contribution is -2.14. The standard InChI is InChI=1S/C17H20BrNO/c1-13(19-2)16-9-8-15(18)12-17(16)20-11-10-14-6-4-3-5-7-14/h3-9,12-13,19H,10-11H2,1-2H3. The molecule has 2 aromatic carbocycles. The van der Waals surface area contributed by atoms with Gasteiger partial charge in [-0.25, -0.2) is 0 Å². The zero-order valence-corrected chi connectivity index (χ0v) is 13.5. The summed E-state index contributed by atoms with van der Waals surface area (Å²) in [7, 11) is 1.96. The number of ether oxygens (including phenoxy) is 1. The first-order chi connectivity index (χ1) is 9.70. The molecule has 0 saturated heterocycles. The van der Waals surface area contributed by atoms with Gasteiger partial charge in [-0.3, -0.25) is 0 Å². The van der Waals surface area contributed by atoms with E-state index in [1.54, 1.807) is 0 Å². The van der Waals surface area contributed by atoms with Gasteiger partial charge in [0.25, 0.3) is 0 Å². The van der Waals surface area contributed by atoms with E-state index < -0.39 is 0 Å². The first-order valence-electron chi connectivity index (χ1n) is 6.84. The number of hydrogen-bond acceptors (Lipinski definition) is 2. The smallest absolute Gasteiger partial charge is 0.125 e. The van der Waals surface area contributed by atoms with Gasteiger partial charge in [0, 0.05) is 22.5 Å². The first kappa shape index (κ1) is 15.1. The van der Waals surface area contributed by atoms with Gasteiger partial charge < -0.3 is 10.1 Å². The number of benzene rings is 2. The average molecular weight is 334 g/mol. The highest BCUT2D eigenvalue weighted by molar-refractivity contribution is 9.10. The highest BCUT2D eigenvalue weighted by Gasteiger charge is 2.10. The lowest BCUT2D eigenvalue weighted by atomic mass is 10.1. The number of halogens is 1. The highest BCUT2D eigenvalue weighted by atomic mass is 79.9. The third-order valence-electron chi connectivity index (χ3n) is 3.37. The highest BCUT2D eigenvalue weighted by Crippen LogP contribution is 2.28. The summed E-state index contributed by atoms with van der Waals surface area (Å²) in [5.41, 5.74) is 2.48. The maximum Gasteiger partial charge on any atom is 0.125 e. The van der Waals surface area contributed by atoms with Crippen molar-refractivity contribution < 1.29 is 4.74 Å². The van der Waals surface area contributed by atoms with E-state index in [1.807, 2.05) is 25.2 Å². The molecule has 0 aliphatic carbocycles. The molecule has 0 fully saturated rings. The van der Waals surface area contributed by atoms with E-state index in [2.05, 4.69) is 58.5 Å². The molecule has 0 bridgehead atoms. The number of nitrogens with one attached hydrogen (secondary N) is 1. The lowest BCUT2D eigenvalue weighted by Gasteiger charge is -2.17. The summed E-state index contributed by atoms with van der Waals surface area (Å²) < 4.78 is 7.02. The Hall–Kier alpha value is -1.32. The molecule has 0 spiro atoms. The molecular weight excluding hydrogens is 314 g/mol. The monoisotopic (exact) mass is 333 g/mol. The van der Waals surface area contributed by atoms with Gasteiger partial charge >= 0.3 is 0 Å². The summed E-state index contributed by atoms with van der Waals surface area (Å²) in [5.74, 6) is 0.942. The van der Waals surface area contributed by atoms with Gasteiger partial charge in [-0.15, -0.1) is 0 Å². The molecule has 0 radical (unpaired) electrons. The fourth-order valence-corrected chi connectivity index (χ4v) is 2.41. The van der Waals surface area contributed by atoms with Crippen LogP contribution in [0.5, 0.6) is 5.75 Å². The topological polar surface area (TPSA) is 21.3 Å². The summed E-state index contributed by atoms with van der Waals surface area (Å²) in [6.45, 7) is 2.82. The van der Waals surface area contributed by atoms with Gasteiger partial charge in [0.15, 0.2) is 0 Å². The van der Waals surface area contributed by atoms with Crippen LogP contribution in [0.4, 0.5) is 0 Å². The molecule has 0 saturated carbocycles. The van der Waals surface area contributed by atoms with Crippen LogP contribution in [0, 0.1) is 0 Å². The summed E-state index contributed by atoms with van der Waals surface area (Å²) >= 11 is 3.50. The van der Waals surface area contributed by atoms with Crippen LogP contribution < -0.4 is 10.1 Å². The molecule has 0 aromatic heterocycles. The zero-order valence-electron chi connectivity index (χ0n) is 11.9. The van der Waals surface area contributed by atoms with Crippen molar-refractivity contribution in [2.45, 2.75) is 19.4 Å². The predicted octanol–water partition coefficient (Wildman–Crippen LogP) is 4.35. The Morgan fingerprint density at radius 1 is 1.15 bits per heavy atom. The average Bonchev–Trinajstić information content (AvgIpc) is 2.48. The first-order valence-corrected chi connectivity index (χ1v) is 7.63. The van der Waals surface area contributed by atoms with Crippen LogP contribution in [-0.2, 0) is 6.42 Å². The van der Waals surface area contributed by atoms with Crippen LogP contribution >= 0.6 is 15.9 Å². The molecule has 2 aromatic rings. The minimum atomic E-state index is 0.273. The Bertz CT molecular complexity index is 542. The summed E-state index contributed by atoms with van der Waals surface area (Å²) in [4.78, 5) is 0. The minimum absolute atomic E-state index is 0.273. The molecule has 3 heteroatoms. The van der Waals surface area contributed by atoms with E-state index in [9.17, 15) is 0 Å². The molecule has 0 amide bonds. The molecule has 0 aliphatic rings. The second-order valence-electron chi connectivity index (χ2n) is 4.78. The quantitative estimate of drug-likeness (QED) is 0.848. The van der Waals surface area contributed by atoms with E-state index in [1.165, 1.54) is 11.1 Å². The van der Waals surface area contributed by atoms with Crippen molar-refractivity contribution in [1.29, 1.82) is 0 Å². The lowest BCUT2D eigenvalue weighted by molar-refractivity contribution is 0.315. The Labute approximate surface area is 129 Å². The van der Waals surface area contributed by atoms with Crippen LogP contribution in [-0.4, -0.2) is 13.7 Å². The SMILES string of the molecule is CNC(C)c1ccc(Br)cc1OCCc1ccccc1. The molecule has 1 N–H and O–H groups in total. The Balaban J connectivity index is 2.03. The summed E-state index contributed by atoms with van der Waals surface area (Å²) in [5, 5.41) is 3.25. The second-order valence-corrected chi connectivity index (χ2v) is 5.69.